The number of para-hydroxylation sites is 2. The summed E-state index contributed by atoms with van der Waals surface area (Å²) in [5.41, 5.74) is 4.60. The zero-order valence-corrected chi connectivity index (χ0v) is 17.1. The molecule has 4 aromatic rings. The smallest absolute Gasteiger partial charge is 0.222 e. The van der Waals surface area contributed by atoms with Crippen LogP contribution in [0.1, 0.15) is 35.5 Å². The Morgan fingerprint density at radius 1 is 1.13 bits per heavy atom. The van der Waals surface area contributed by atoms with Crippen LogP contribution in [0.5, 0.6) is 0 Å². The Bertz CT molecular complexity index is 1190. The minimum absolute atomic E-state index is 0.513. The van der Waals surface area contributed by atoms with E-state index in [1.807, 2.05) is 49.5 Å². The van der Waals surface area contributed by atoms with Crippen molar-refractivity contribution in [3.8, 4) is 6.07 Å². The number of aryl methyl sites for hydroxylation is 2. The van der Waals surface area contributed by atoms with Crippen molar-refractivity contribution >= 4 is 17.0 Å². The van der Waals surface area contributed by atoms with Crippen molar-refractivity contribution in [2.24, 2.45) is 0 Å². The van der Waals surface area contributed by atoms with E-state index in [9.17, 15) is 5.26 Å². The third-order valence-corrected chi connectivity index (χ3v) is 5.09. The molecule has 4 rings (SSSR count). The lowest BCUT2D eigenvalue weighted by Gasteiger charge is -2.14. The lowest BCUT2D eigenvalue weighted by atomic mass is 10.0. The molecule has 1 N–H and O–H groups in total. The molecule has 7 nitrogen and oxygen atoms in total. The van der Waals surface area contributed by atoms with Crippen LogP contribution in [0.2, 0.25) is 0 Å². The summed E-state index contributed by atoms with van der Waals surface area (Å²) in [6.07, 6.45) is 6.19. The van der Waals surface area contributed by atoms with E-state index >= 15 is 0 Å². The van der Waals surface area contributed by atoms with Crippen LogP contribution < -0.4 is 5.32 Å². The predicted octanol–water partition coefficient (Wildman–Crippen LogP) is 3.86. The van der Waals surface area contributed by atoms with Gasteiger partial charge < -0.3 is 9.88 Å². The van der Waals surface area contributed by atoms with Gasteiger partial charge in [0.05, 0.1) is 22.8 Å². The van der Waals surface area contributed by atoms with Gasteiger partial charge in [-0.15, -0.1) is 0 Å². The lowest BCUT2D eigenvalue weighted by molar-refractivity contribution is 0.702. The molecule has 0 aliphatic rings. The van der Waals surface area contributed by atoms with Crippen molar-refractivity contribution in [3.63, 3.8) is 0 Å². The normalized spacial score (nSPS) is 11.9. The summed E-state index contributed by atoms with van der Waals surface area (Å²) in [5, 5.41) is 13.3. The summed E-state index contributed by atoms with van der Waals surface area (Å²) in [4.78, 5) is 18.0. The Balaban J connectivity index is 1.62. The Labute approximate surface area is 175 Å². The summed E-state index contributed by atoms with van der Waals surface area (Å²) in [7, 11) is 0. The molecule has 0 spiro atoms. The number of benzene rings is 1. The highest BCUT2D eigenvalue weighted by molar-refractivity contribution is 5.76. The van der Waals surface area contributed by atoms with Gasteiger partial charge in [0.15, 0.2) is 0 Å². The van der Waals surface area contributed by atoms with Gasteiger partial charge in [-0.25, -0.2) is 15.0 Å². The number of pyridine rings is 1. The molecule has 1 aromatic carbocycles. The number of aromatic nitrogens is 5. The largest absolute Gasteiger partial charge is 0.354 e. The summed E-state index contributed by atoms with van der Waals surface area (Å²) in [5.74, 6) is 0.655. The minimum Gasteiger partial charge on any atom is -0.354 e. The third-order valence-electron chi connectivity index (χ3n) is 5.09. The van der Waals surface area contributed by atoms with E-state index in [0.717, 1.165) is 35.1 Å². The number of imidazole rings is 1. The first-order valence-electron chi connectivity index (χ1n) is 10.0. The number of nitrogens with one attached hydrogen (secondary N) is 1. The molecule has 0 bridgehead atoms. The monoisotopic (exact) mass is 397 g/mol. The molecule has 0 saturated carbocycles. The van der Waals surface area contributed by atoms with Crippen LogP contribution in [0.3, 0.4) is 0 Å². The van der Waals surface area contributed by atoms with E-state index in [1.54, 1.807) is 12.4 Å². The van der Waals surface area contributed by atoms with Gasteiger partial charge in [-0.05, 0) is 49.6 Å². The van der Waals surface area contributed by atoms with Gasteiger partial charge in [-0.2, -0.15) is 5.26 Å². The van der Waals surface area contributed by atoms with Gasteiger partial charge in [0.1, 0.15) is 11.7 Å². The van der Waals surface area contributed by atoms with Gasteiger partial charge in [-0.3, -0.25) is 4.98 Å². The second kappa shape index (κ2) is 8.70. The highest BCUT2D eigenvalue weighted by atomic mass is 15.1. The van der Waals surface area contributed by atoms with E-state index in [0.29, 0.717) is 24.0 Å². The Morgan fingerprint density at radius 2 is 2.00 bits per heavy atom. The molecule has 3 heterocycles. The fraction of sp³-hybridized carbons (Fsp3) is 0.261. The molecule has 0 fully saturated rings. The molecule has 1 unspecified atom stereocenters. The molecule has 7 heteroatoms. The fourth-order valence-corrected chi connectivity index (χ4v) is 3.59. The molecular weight excluding hydrogens is 374 g/mol. The molecule has 3 aromatic heterocycles. The zero-order chi connectivity index (χ0) is 20.9. The average molecular weight is 397 g/mol. The van der Waals surface area contributed by atoms with Crippen LogP contribution in [-0.4, -0.2) is 31.0 Å². The van der Waals surface area contributed by atoms with Gasteiger partial charge in [-0.1, -0.05) is 18.2 Å². The summed E-state index contributed by atoms with van der Waals surface area (Å²) >= 11 is 0. The highest BCUT2D eigenvalue weighted by Gasteiger charge is 2.24. The van der Waals surface area contributed by atoms with Crippen LogP contribution in [-0.2, 0) is 13.0 Å². The number of fused-ring (bicyclic) bond motifs is 1. The molecule has 1 atom stereocenters. The summed E-state index contributed by atoms with van der Waals surface area (Å²) in [6.45, 7) is 5.40. The van der Waals surface area contributed by atoms with Crippen molar-refractivity contribution in [1.82, 2.24) is 24.5 Å². The molecule has 0 aliphatic carbocycles. The standard InChI is InChI=1S/C23H23N7/c1-3-30-20-9-5-4-8-19(20)28-22(30)18(13-24)21-16(2)14-27-23(29-21)26-12-10-17-7-6-11-25-15-17/h4-9,11,14-15,18H,3,10,12H2,1-2H3,(H,26,27,29). The molecule has 0 aliphatic heterocycles. The lowest BCUT2D eigenvalue weighted by Crippen LogP contribution is -2.14. The van der Waals surface area contributed by atoms with Gasteiger partial charge >= 0.3 is 0 Å². The molecule has 0 saturated heterocycles. The first-order valence-corrected chi connectivity index (χ1v) is 10.0. The molecule has 0 radical (unpaired) electrons. The maximum Gasteiger partial charge on any atom is 0.222 e. The predicted molar refractivity (Wildman–Crippen MR) is 116 cm³/mol. The quantitative estimate of drug-likeness (QED) is 0.509. The Morgan fingerprint density at radius 3 is 2.77 bits per heavy atom. The van der Waals surface area contributed by atoms with Crippen LogP contribution in [0.4, 0.5) is 5.95 Å². The van der Waals surface area contributed by atoms with E-state index in [-0.39, 0.29) is 0 Å². The van der Waals surface area contributed by atoms with Crippen LogP contribution in [0.15, 0.2) is 55.0 Å². The van der Waals surface area contributed by atoms with Crippen molar-refractivity contribution in [3.05, 3.63) is 77.6 Å². The fourth-order valence-electron chi connectivity index (χ4n) is 3.59. The van der Waals surface area contributed by atoms with E-state index in [4.69, 9.17) is 4.98 Å². The van der Waals surface area contributed by atoms with E-state index < -0.39 is 5.92 Å². The summed E-state index contributed by atoms with van der Waals surface area (Å²) < 4.78 is 2.08. The number of hydrogen-bond acceptors (Lipinski definition) is 6. The molecule has 0 amide bonds. The first kappa shape index (κ1) is 19.5. The van der Waals surface area contributed by atoms with Crippen molar-refractivity contribution in [1.29, 1.82) is 5.26 Å². The SMILES string of the molecule is CCn1c(C(C#N)c2nc(NCCc3cccnc3)ncc2C)nc2ccccc21. The van der Waals surface area contributed by atoms with Gasteiger partial charge in [0, 0.05) is 31.7 Å². The first-order chi connectivity index (χ1) is 14.7. The zero-order valence-electron chi connectivity index (χ0n) is 17.1. The second-order valence-corrected chi connectivity index (χ2v) is 7.07. The number of nitriles is 1. The van der Waals surface area contributed by atoms with Crippen LogP contribution in [0, 0.1) is 18.3 Å². The Hall–Kier alpha value is -3.79. The van der Waals surface area contributed by atoms with E-state index in [1.165, 1.54) is 0 Å². The van der Waals surface area contributed by atoms with Crippen molar-refractivity contribution in [2.45, 2.75) is 32.7 Å². The van der Waals surface area contributed by atoms with Gasteiger partial charge in [0.25, 0.3) is 0 Å². The topological polar surface area (TPSA) is 92.3 Å². The second-order valence-electron chi connectivity index (χ2n) is 7.07. The number of nitrogens with zero attached hydrogens (tertiary/aromatic N) is 6. The summed E-state index contributed by atoms with van der Waals surface area (Å²) in [6, 6.07) is 14.3. The number of anilines is 1. The number of hydrogen-bond donors (Lipinski definition) is 1. The van der Waals surface area contributed by atoms with Gasteiger partial charge in [0.2, 0.25) is 5.95 Å². The minimum atomic E-state index is -0.570. The average Bonchev–Trinajstić information content (AvgIpc) is 3.15. The third kappa shape index (κ3) is 3.85. The maximum atomic E-state index is 10.0. The maximum absolute atomic E-state index is 10.0. The Kier molecular flexibility index (Phi) is 5.66. The molecule has 150 valence electrons. The van der Waals surface area contributed by atoms with E-state index in [2.05, 4.69) is 37.8 Å². The number of rotatable bonds is 7. The van der Waals surface area contributed by atoms with Crippen LogP contribution >= 0.6 is 0 Å². The van der Waals surface area contributed by atoms with Crippen LogP contribution in [0.25, 0.3) is 11.0 Å². The molecular formula is C23H23N7. The van der Waals surface area contributed by atoms with Crippen molar-refractivity contribution in [2.75, 3.05) is 11.9 Å². The highest BCUT2D eigenvalue weighted by Crippen LogP contribution is 2.28. The molecule has 30 heavy (non-hydrogen) atoms. The van der Waals surface area contributed by atoms with Crippen molar-refractivity contribution < 1.29 is 0 Å².